The van der Waals surface area contributed by atoms with Crippen molar-refractivity contribution in [2.24, 2.45) is 13.0 Å². The fourth-order valence-electron chi connectivity index (χ4n) is 4.61. The van der Waals surface area contributed by atoms with E-state index < -0.39 is 0 Å². The van der Waals surface area contributed by atoms with Crippen LogP contribution < -0.4 is 0 Å². The van der Waals surface area contributed by atoms with Gasteiger partial charge in [-0.3, -0.25) is 0 Å². The van der Waals surface area contributed by atoms with Crippen LogP contribution >= 0.6 is 23.4 Å². The minimum atomic E-state index is 0.353. The Labute approximate surface area is 179 Å². The molecule has 152 valence electrons. The van der Waals surface area contributed by atoms with Crippen LogP contribution in [0.5, 0.6) is 0 Å². The average Bonchev–Trinajstić information content (AvgIpc) is 3.01. The molecule has 3 heterocycles. The molecule has 0 amide bonds. The highest BCUT2D eigenvalue weighted by atomic mass is 35.5. The molecule has 2 aromatic heterocycles. The van der Waals surface area contributed by atoms with Gasteiger partial charge in [0, 0.05) is 36.3 Å². The van der Waals surface area contributed by atoms with Crippen LogP contribution in [0.4, 0.5) is 0 Å². The smallest absolute Gasteiger partial charge is 0.202 e. The van der Waals surface area contributed by atoms with Gasteiger partial charge in [-0.05, 0) is 49.9 Å². The van der Waals surface area contributed by atoms with Crippen LogP contribution in [-0.2, 0) is 12.5 Å². The molecule has 2 unspecified atom stereocenters. The van der Waals surface area contributed by atoms with Crippen LogP contribution in [-0.4, -0.2) is 50.0 Å². The molecule has 29 heavy (non-hydrogen) atoms. The van der Waals surface area contributed by atoms with Gasteiger partial charge in [-0.15, -0.1) is 10.2 Å². The predicted molar refractivity (Wildman–Crippen MR) is 114 cm³/mol. The molecule has 1 aliphatic heterocycles. The van der Waals surface area contributed by atoms with Crippen molar-refractivity contribution in [1.29, 1.82) is 0 Å². The molecule has 1 aromatic carbocycles. The number of thioether (sulfide) groups is 1. The van der Waals surface area contributed by atoms with Gasteiger partial charge in [0.15, 0.2) is 17.3 Å². The summed E-state index contributed by atoms with van der Waals surface area (Å²) in [5, 5.41) is 10.4. The van der Waals surface area contributed by atoms with E-state index in [2.05, 4.69) is 38.3 Å². The zero-order valence-corrected chi connectivity index (χ0v) is 18.2. The summed E-state index contributed by atoms with van der Waals surface area (Å²) in [5.41, 5.74) is 2.60. The average molecular weight is 430 g/mol. The normalized spacial score (nSPS) is 23.5. The number of halogens is 1. The number of aryl methyl sites for hydroxylation is 1. The molecular formula is C21H24ClN5OS. The monoisotopic (exact) mass is 429 g/mol. The van der Waals surface area contributed by atoms with E-state index in [4.69, 9.17) is 16.0 Å². The first kappa shape index (κ1) is 19.2. The topological polar surface area (TPSA) is 60.0 Å². The van der Waals surface area contributed by atoms with E-state index in [9.17, 15) is 0 Å². The number of hydrogen-bond donors (Lipinski definition) is 0. The summed E-state index contributed by atoms with van der Waals surface area (Å²) < 4.78 is 7.43. The van der Waals surface area contributed by atoms with Gasteiger partial charge in [-0.1, -0.05) is 35.5 Å². The van der Waals surface area contributed by atoms with Crippen molar-refractivity contribution < 1.29 is 4.42 Å². The summed E-state index contributed by atoms with van der Waals surface area (Å²) in [7, 11) is 1.97. The number of oxazole rings is 1. The van der Waals surface area contributed by atoms with Crippen LogP contribution in [0.2, 0.25) is 5.02 Å². The minimum Gasteiger partial charge on any atom is -0.440 e. The highest BCUT2D eigenvalue weighted by molar-refractivity contribution is 7.99. The van der Waals surface area contributed by atoms with Crippen molar-refractivity contribution in [2.75, 3.05) is 25.4 Å². The minimum absolute atomic E-state index is 0.353. The Balaban J connectivity index is 1.13. The number of piperidine rings is 1. The Morgan fingerprint density at radius 1 is 1.34 bits per heavy atom. The van der Waals surface area contributed by atoms with E-state index in [1.807, 2.05) is 24.6 Å². The van der Waals surface area contributed by atoms with Crippen LogP contribution in [0, 0.1) is 12.8 Å². The molecule has 2 aliphatic rings. The van der Waals surface area contributed by atoms with Crippen LogP contribution in [0.15, 0.2) is 40.2 Å². The molecule has 1 saturated carbocycles. The second-order valence-electron chi connectivity index (χ2n) is 8.14. The van der Waals surface area contributed by atoms with Crippen LogP contribution in [0.3, 0.4) is 0 Å². The number of hydrogen-bond acceptors (Lipinski definition) is 6. The largest absolute Gasteiger partial charge is 0.440 e. The van der Waals surface area contributed by atoms with Gasteiger partial charge in [-0.25, -0.2) is 4.98 Å². The number of benzene rings is 1. The maximum atomic E-state index is 6.22. The molecule has 1 saturated heterocycles. The SMILES string of the molecule is Cc1ncoc1-c1nnc(SCCCN2CC3CC3(c3cccc(Cl)c3)C2)n1C. The molecule has 1 aliphatic carbocycles. The number of nitrogens with zero attached hydrogens (tertiary/aromatic N) is 5. The number of likely N-dealkylation sites (tertiary alicyclic amines) is 1. The van der Waals surface area contributed by atoms with Gasteiger partial charge in [0.05, 0.1) is 5.69 Å². The molecule has 8 heteroatoms. The molecule has 0 radical (unpaired) electrons. The van der Waals surface area contributed by atoms with E-state index in [-0.39, 0.29) is 0 Å². The predicted octanol–water partition coefficient (Wildman–Crippen LogP) is 4.19. The Morgan fingerprint density at radius 2 is 2.24 bits per heavy atom. The summed E-state index contributed by atoms with van der Waals surface area (Å²) in [6.07, 6.45) is 3.89. The Kier molecular flexibility index (Phi) is 4.92. The fraction of sp³-hybridized carbons (Fsp3) is 0.476. The zero-order valence-electron chi connectivity index (χ0n) is 16.6. The van der Waals surface area contributed by atoms with Crippen LogP contribution in [0.1, 0.15) is 24.1 Å². The number of aromatic nitrogens is 4. The summed E-state index contributed by atoms with van der Waals surface area (Å²) in [4.78, 5) is 6.74. The highest BCUT2D eigenvalue weighted by Gasteiger charge is 2.60. The summed E-state index contributed by atoms with van der Waals surface area (Å²) in [6, 6.07) is 8.44. The van der Waals surface area contributed by atoms with Gasteiger partial charge in [0.2, 0.25) is 5.82 Å². The van der Waals surface area contributed by atoms with Gasteiger partial charge in [-0.2, -0.15) is 0 Å². The Bertz CT molecular complexity index is 1030. The van der Waals surface area contributed by atoms with Crippen LogP contribution in [0.25, 0.3) is 11.6 Å². The number of fused-ring (bicyclic) bond motifs is 1. The van der Waals surface area contributed by atoms with Gasteiger partial charge >= 0.3 is 0 Å². The maximum Gasteiger partial charge on any atom is 0.202 e. The van der Waals surface area contributed by atoms with E-state index in [0.29, 0.717) is 11.2 Å². The van der Waals surface area contributed by atoms with E-state index in [0.717, 1.165) is 52.9 Å². The van der Waals surface area contributed by atoms with Gasteiger partial charge in [0.25, 0.3) is 0 Å². The van der Waals surface area contributed by atoms with Crippen molar-refractivity contribution in [1.82, 2.24) is 24.6 Å². The van der Waals surface area contributed by atoms with E-state index in [1.54, 1.807) is 11.8 Å². The Morgan fingerprint density at radius 3 is 3.03 bits per heavy atom. The first-order chi connectivity index (χ1) is 14.1. The summed E-state index contributed by atoms with van der Waals surface area (Å²) in [5.74, 6) is 3.23. The van der Waals surface area contributed by atoms with Gasteiger partial charge in [0.1, 0.15) is 0 Å². The molecule has 5 rings (SSSR count). The molecule has 2 fully saturated rings. The third-order valence-electron chi connectivity index (χ3n) is 6.25. The third kappa shape index (κ3) is 3.49. The lowest BCUT2D eigenvalue weighted by Gasteiger charge is -2.21. The first-order valence-corrected chi connectivity index (χ1v) is 11.3. The molecule has 0 spiro atoms. The molecule has 2 atom stereocenters. The van der Waals surface area contributed by atoms with Crippen molar-refractivity contribution in [3.05, 3.63) is 46.9 Å². The second-order valence-corrected chi connectivity index (χ2v) is 9.64. The fourth-order valence-corrected chi connectivity index (χ4v) is 5.63. The van der Waals surface area contributed by atoms with E-state index in [1.165, 1.54) is 24.9 Å². The quantitative estimate of drug-likeness (QED) is 0.414. The lowest BCUT2D eigenvalue weighted by atomic mass is 9.95. The highest BCUT2D eigenvalue weighted by Crippen LogP contribution is 2.59. The Hall–Kier alpha value is -1.83. The van der Waals surface area contributed by atoms with Crippen molar-refractivity contribution in [3.8, 4) is 11.6 Å². The first-order valence-electron chi connectivity index (χ1n) is 9.98. The molecule has 3 aromatic rings. The summed E-state index contributed by atoms with van der Waals surface area (Å²) in [6.45, 7) is 5.40. The van der Waals surface area contributed by atoms with E-state index >= 15 is 0 Å². The second kappa shape index (κ2) is 7.45. The number of rotatable bonds is 7. The maximum absolute atomic E-state index is 6.22. The molecule has 6 nitrogen and oxygen atoms in total. The molecule has 0 N–H and O–H groups in total. The van der Waals surface area contributed by atoms with Crippen molar-refractivity contribution >= 4 is 23.4 Å². The molecule has 0 bridgehead atoms. The third-order valence-corrected chi connectivity index (χ3v) is 7.59. The zero-order chi connectivity index (χ0) is 20.0. The van der Waals surface area contributed by atoms with Crippen molar-refractivity contribution in [3.63, 3.8) is 0 Å². The van der Waals surface area contributed by atoms with Crippen molar-refractivity contribution in [2.45, 2.75) is 30.3 Å². The molecular weight excluding hydrogens is 406 g/mol. The summed E-state index contributed by atoms with van der Waals surface area (Å²) >= 11 is 7.96. The standard InChI is InChI=1S/C21H24ClN5OS/c1-14-18(28-13-23-14)19-24-25-20(26(19)2)29-8-4-7-27-11-16-10-21(16,12-27)15-5-3-6-17(22)9-15/h3,5-6,9,13,16H,4,7-8,10-12H2,1-2H3. The van der Waals surface area contributed by atoms with Gasteiger partial charge < -0.3 is 13.9 Å². The lowest BCUT2D eigenvalue weighted by Crippen LogP contribution is -2.27. The lowest BCUT2D eigenvalue weighted by molar-refractivity contribution is 0.299.